The van der Waals surface area contributed by atoms with Crippen molar-refractivity contribution in [2.75, 3.05) is 21.3 Å². The average molecular weight is 681 g/mol. The highest BCUT2D eigenvalue weighted by molar-refractivity contribution is 6.01. The molecule has 0 aromatic carbocycles. The molecule has 0 aliphatic heterocycles. The molecule has 0 amide bonds. The molecule has 1 aliphatic carbocycles. The standard InChI is InChI=1S/C12H24O.C11H22O2.C10H14O3.C7H12O2/c1-3-4-5-6-7-8-9-10-12(2)11-13;1-9(2)7-8-11(3,4)10(12-5)13-6;1-3-4-5-6-9(11)7-8-10(12)13-2;8-7(9)6-4-2-1-3-5-6/h11-12H,3-10H2,1-2H3;7,10H,8H2,1-6H3;3-6H2,1-2H3;6H,1-5H2,(H,8,9). The van der Waals surface area contributed by atoms with E-state index in [-0.39, 0.29) is 29.3 Å². The van der Waals surface area contributed by atoms with Crippen molar-refractivity contribution >= 4 is 24.0 Å². The number of hydrogen-bond donors (Lipinski definition) is 1. The van der Waals surface area contributed by atoms with E-state index in [0.717, 1.165) is 64.1 Å². The lowest BCUT2D eigenvalue weighted by atomic mass is 9.87. The minimum Gasteiger partial charge on any atom is -0.481 e. The predicted octanol–water partition coefficient (Wildman–Crippen LogP) is 9.91. The molecule has 8 heteroatoms. The monoisotopic (exact) mass is 681 g/mol. The fourth-order valence-corrected chi connectivity index (χ4v) is 4.91. The number of ether oxygens (including phenoxy) is 3. The zero-order valence-electron chi connectivity index (χ0n) is 32.4. The van der Waals surface area contributed by atoms with E-state index in [4.69, 9.17) is 14.6 Å². The number of allylic oxidation sites excluding steroid dienone is 2. The van der Waals surface area contributed by atoms with E-state index in [1.54, 1.807) is 14.2 Å². The second-order valence-corrected chi connectivity index (χ2v) is 13.6. The Kier molecular flexibility index (Phi) is 35.7. The molecule has 0 radical (unpaired) electrons. The first-order valence-corrected chi connectivity index (χ1v) is 18.3. The topological polar surface area (TPSA) is 116 Å². The number of Topliss-reactive ketones (excluding diaryl/α,β-unsaturated/α-hetero) is 1. The summed E-state index contributed by atoms with van der Waals surface area (Å²) in [6.45, 7) is 14.8. The molecule has 1 fully saturated rings. The van der Waals surface area contributed by atoms with Crippen LogP contribution in [0.2, 0.25) is 0 Å². The van der Waals surface area contributed by atoms with Crippen molar-refractivity contribution in [1.82, 2.24) is 0 Å². The van der Waals surface area contributed by atoms with Gasteiger partial charge in [0.2, 0.25) is 5.78 Å². The number of carboxylic acid groups (broad SMARTS) is 1. The van der Waals surface area contributed by atoms with Crippen LogP contribution in [-0.4, -0.2) is 56.7 Å². The van der Waals surface area contributed by atoms with Crippen molar-refractivity contribution < 1.29 is 38.5 Å². The van der Waals surface area contributed by atoms with Crippen LogP contribution in [0.5, 0.6) is 0 Å². The van der Waals surface area contributed by atoms with Gasteiger partial charge in [0, 0.05) is 37.9 Å². The van der Waals surface area contributed by atoms with E-state index in [1.165, 1.54) is 64.0 Å². The van der Waals surface area contributed by atoms with Gasteiger partial charge in [0.15, 0.2) is 6.29 Å². The van der Waals surface area contributed by atoms with Crippen LogP contribution in [0.15, 0.2) is 11.6 Å². The molecule has 1 rings (SSSR count). The van der Waals surface area contributed by atoms with E-state index in [9.17, 15) is 19.2 Å². The molecule has 0 spiro atoms. The molecule has 48 heavy (non-hydrogen) atoms. The lowest BCUT2D eigenvalue weighted by Gasteiger charge is -2.31. The van der Waals surface area contributed by atoms with Gasteiger partial charge in [0.1, 0.15) is 6.29 Å². The van der Waals surface area contributed by atoms with Crippen molar-refractivity contribution in [3.8, 4) is 11.8 Å². The molecule has 0 aromatic rings. The number of aliphatic carboxylic acids is 1. The zero-order valence-corrected chi connectivity index (χ0v) is 32.4. The van der Waals surface area contributed by atoms with E-state index in [0.29, 0.717) is 6.42 Å². The number of unbranched alkanes of at least 4 members (excludes halogenated alkanes) is 8. The molecule has 0 saturated heterocycles. The number of carbonyl (C=O) groups is 4. The fraction of sp³-hybridized carbons (Fsp3) is 0.800. The van der Waals surface area contributed by atoms with Gasteiger partial charge in [0.25, 0.3) is 0 Å². The Morgan fingerprint density at radius 2 is 1.35 bits per heavy atom. The van der Waals surface area contributed by atoms with Crippen LogP contribution >= 0.6 is 0 Å². The Labute approximate surface area is 294 Å². The molecule has 0 heterocycles. The van der Waals surface area contributed by atoms with Gasteiger partial charge in [-0.15, -0.1) is 0 Å². The van der Waals surface area contributed by atoms with Crippen LogP contribution in [0.25, 0.3) is 0 Å². The third kappa shape index (κ3) is 33.4. The minimum atomic E-state index is -0.663. The van der Waals surface area contributed by atoms with E-state index in [2.05, 4.69) is 64.2 Å². The first kappa shape index (κ1) is 49.9. The number of ketones is 1. The predicted molar refractivity (Wildman–Crippen MR) is 197 cm³/mol. The maximum atomic E-state index is 11.0. The summed E-state index contributed by atoms with van der Waals surface area (Å²) < 4.78 is 14.8. The molecule has 1 unspecified atom stereocenters. The number of aldehydes is 1. The second kappa shape index (κ2) is 34.4. The number of carbonyl (C=O) groups excluding carboxylic acids is 3. The Morgan fingerprint density at radius 1 is 0.833 bits per heavy atom. The van der Waals surface area contributed by atoms with Gasteiger partial charge in [-0.2, -0.15) is 0 Å². The summed E-state index contributed by atoms with van der Waals surface area (Å²) in [6.07, 6.45) is 23.1. The van der Waals surface area contributed by atoms with E-state index < -0.39 is 11.9 Å². The molecule has 1 saturated carbocycles. The molecular formula is C40H72O8. The largest absolute Gasteiger partial charge is 0.481 e. The number of hydrogen-bond acceptors (Lipinski definition) is 7. The summed E-state index contributed by atoms with van der Waals surface area (Å²) in [5.74, 6) is 3.11. The second-order valence-electron chi connectivity index (χ2n) is 13.6. The fourth-order valence-electron chi connectivity index (χ4n) is 4.91. The molecule has 1 N–H and O–H groups in total. The normalized spacial score (nSPS) is 13.1. The number of rotatable bonds is 19. The molecule has 280 valence electrons. The molecular weight excluding hydrogens is 608 g/mol. The maximum absolute atomic E-state index is 11.0. The van der Waals surface area contributed by atoms with Gasteiger partial charge in [-0.05, 0) is 51.9 Å². The lowest BCUT2D eigenvalue weighted by Crippen LogP contribution is -2.32. The van der Waals surface area contributed by atoms with Gasteiger partial charge in [-0.1, -0.05) is 123 Å². The first-order chi connectivity index (χ1) is 22.8. The highest BCUT2D eigenvalue weighted by atomic mass is 16.7. The van der Waals surface area contributed by atoms with Crippen LogP contribution in [0.1, 0.15) is 164 Å². The van der Waals surface area contributed by atoms with Crippen molar-refractivity contribution in [1.29, 1.82) is 0 Å². The molecule has 8 nitrogen and oxygen atoms in total. The van der Waals surface area contributed by atoms with Crippen LogP contribution < -0.4 is 0 Å². The van der Waals surface area contributed by atoms with Gasteiger partial charge >= 0.3 is 11.9 Å². The van der Waals surface area contributed by atoms with Gasteiger partial charge in [0.05, 0.1) is 13.0 Å². The Morgan fingerprint density at radius 3 is 1.79 bits per heavy atom. The summed E-state index contributed by atoms with van der Waals surface area (Å²) in [5, 5.41) is 8.54. The quantitative estimate of drug-likeness (QED) is 0.0209. The summed E-state index contributed by atoms with van der Waals surface area (Å²) in [5.41, 5.74) is 1.36. The van der Waals surface area contributed by atoms with Gasteiger partial charge < -0.3 is 24.1 Å². The Bertz CT molecular complexity index is 898. The summed E-state index contributed by atoms with van der Waals surface area (Å²) >= 11 is 0. The SMILES string of the molecule is CCCCCC(=O)C#CC(=O)OC.CCCCCCCCCC(C)C=O.COC(OC)C(C)(C)CC=C(C)C.O=C(O)C1CCCCC1. The van der Waals surface area contributed by atoms with Crippen molar-refractivity contribution in [2.45, 2.75) is 170 Å². The van der Waals surface area contributed by atoms with Crippen molar-refractivity contribution in [3.05, 3.63) is 11.6 Å². The van der Waals surface area contributed by atoms with Crippen molar-refractivity contribution in [2.24, 2.45) is 17.3 Å². The Balaban J connectivity index is -0.000000567. The van der Waals surface area contributed by atoms with E-state index in [1.807, 2.05) is 6.92 Å². The summed E-state index contributed by atoms with van der Waals surface area (Å²) in [4.78, 5) is 42.1. The van der Waals surface area contributed by atoms with E-state index >= 15 is 0 Å². The smallest absolute Gasteiger partial charge is 0.384 e. The summed E-state index contributed by atoms with van der Waals surface area (Å²) in [7, 11) is 4.59. The molecule has 1 aliphatic rings. The highest BCUT2D eigenvalue weighted by Gasteiger charge is 2.28. The number of esters is 1. The minimum absolute atomic E-state index is 0.0285. The zero-order chi connectivity index (χ0) is 37.2. The Hall–Kier alpha value is -2.50. The van der Waals surface area contributed by atoms with Crippen LogP contribution in [0, 0.1) is 29.1 Å². The highest BCUT2D eigenvalue weighted by Crippen LogP contribution is 2.28. The lowest BCUT2D eigenvalue weighted by molar-refractivity contribution is -0.166. The van der Waals surface area contributed by atoms with Crippen molar-refractivity contribution in [3.63, 3.8) is 0 Å². The molecule has 1 atom stereocenters. The van der Waals surface area contributed by atoms with Crippen LogP contribution in [0.3, 0.4) is 0 Å². The third-order valence-electron chi connectivity index (χ3n) is 8.05. The molecule has 0 aromatic heterocycles. The third-order valence-corrected chi connectivity index (χ3v) is 8.05. The molecule has 0 bridgehead atoms. The van der Waals surface area contributed by atoms with Crippen LogP contribution in [0.4, 0.5) is 0 Å². The van der Waals surface area contributed by atoms with Gasteiger partial charge in [-0.3, -0.25) is 9.59 Å². The maximum Gasteiger partial charge on any atom is 0.384 e. The first-order valence-electron chi connectivity index (χ1n) is 18.3. The van der Waals surface area contributed by atoms with Gasteiger partial charge in [-0.25, -0.2) is 4.79 Å². The van der Waals surface area contributed by atoms with Crippen LogP contribution in [-0.2, 0) is 33.4 Å². The number of carboxylic acids is 1. The number of methoxy groups -OCH3 is 3. The average Bonchev–Trinajstić information content (AvgIpc) is 3.07. The summed E-state index contributed by atoms with van der Waals surface area (Å²) in [6, 6.07) is 0.